The molecule has 1 amide bonds. The lowest BCUT2D eigenvalue weighted by Gasteiger charge is -2.12. The zero-order valence-electron chi connectivity index (χ0n) is 14.9. The number of amides is 1. The van der Waals surface area contributed by atoms with Crippen molar-refractivity contribution in [1.82, 2.24) is 10.2 Å². The molecule has 27 heavy (non-hydrogen) atoms. The third-order valence-electron chi connectivity index (χ3n) is 4.03. The first-order valence-electron chi connectivity index (χ1n) is 7.98. The van der Waals surface area contributed by atoms with Crippen LogP contribution < -0.4 is 14.8 Å². The standard InChI is InChI=1S/C19H17Cl2N3O3/c1-10-17(22-19(25)11-4-6-14(20)15(21)8-11)18(24-23-10)13-9-12(26-2)5-7-16(13)27-3/h4-9H,1-3H3,(H,22,25)(H,23,24). The molecule has 0 atom stereocenters. The number of hydrogen-bond donors (Lipinski definition) is 2. The largest absolute Gasteiger partial charge is 0.497 e. The molecule has 0 spiro atoms. The second-order valence-electron chi connectivity index (χ2n) is 5.72. The van der Waals surface area contributed by atoms with Crippen molar-refractivity contribution >= 4 is 34.8 Å². The second-order valence-corrected chi connectivity index (χ2v) is 6.54. The first kappa shape index (κ1) is 19.1. The van der Waals surface area contributed by atoms with Gasteiger partial charge in [0, 0.05) is 11.1 Å². The number of H-pyrrole nitrogens is 1. The predicted octanol–water partition coefficient (Wildman–Crippen LogP) is 4.96. The van der Waals surface area contributed by atoms with E-state index in [-0.39, 0.29) is 5.91 Å². The SMILES string of the molecule is COc1ccc(OC)c(-c2n[nH]c(C)c2NC(=O)c2ccc(Cl)c(Cl)c2)c1. The van der Waals surface area contributed by atoms with Gasteiger partial charge in [-0.2, -0.15) is 5.10 Å². The summed E-state index contributed by atoms with van der Waals surface area (Å²) in [5.74, 6) is 0.918. The Morgan fingerprint density at radius 3 is 2.52 bits per heavy atom. The van der Waals surface area contributed by atoms with Gasteiger partial charge in [0.05, 0.1) is 35.6 Å². The highest BCUT2D eigenvalue weighted by Crippen LogP contribution is 2.37. The third-order valence-corrected chi connectivity index (χ3v) is 4.77. The molecule has 0 unspecified atom stereocenters. The van der Waals surface area contributed by atoms with E-state index in [1.807, 2.05) is 6.92 Å². The highest BCUT2D eigenvalue weighted by atomic mass is 35.5. The minimum atomic E-state index is -0.332. The maximum Gasteiger partial charge on any atom is 0.255 e. The quantitative estimate of drug-likeness (QED) is 0.628. The summed E-state index contributed by atoms with van der Waals surface area (Å²) in [6.07, 6.45) is 0. The van der Waals surface area contributed by atoms with E-state index in [4.69, 9.17) is 32.7 Å². The molecule has 1 heterocycles. The lowest BCUT2D eigenvalue weighted by molar-refractivity contribution is 0.102. The summed E-state index contributed by atoms with van der Waals surface area (Å²) in [6, 6.07) is 10.1. The van der Waals surface area contributed by atoms with E-state index in [9.17, 15) is 4.79 Å². The van der Waals surface area contributed by atoms with Gasteiger partial charge < -0.3 is 14.8 Å². The number of nitrogens with zero attached hydrogens (tertiary/aromatic N) is 1. The number of halogens is 2. The summed E-state index contributed by atoms with van der Waals surface area (Å²) in [4.78, 5) is 12.7. The summed E-state index contributed by atoms with van der Waals surface area (Å²) >= 11 is 11.9. The number of hydrogen-bond acceptors (Lipinski definition) is 4. The maximum absolute atomic E-state index is 12.7. The van der Waals surface area contributed by atoms with E-state index >= 15 is 0 Å². The van der Waals surface area contributed by atoms with Crippen molar-refractivity contribution in [3.05, 3.63) is 57.7 Å². The van der Waals surface area contributed by atoms with Crippen molar-refractivity contribution in [2.24, 2.45) is 0 Å². The van der Waals surface area contributed by atoms with Crippen molar-refractivity contribution in [2.75, 3.05) is 19.5 Å². The number of carbonyl (C=O) groups excluding carboxylic acids is 1. The van der Waals surface area contributed by atoms with Gasteiger partial charge >= 0.3 is 0 Å². The number of aryl methyl sites for hydroxylation is 1. The smallest absolute Gasteiger partial charge is 0.255 e. The number of aromatic amines is 1. The van der Waals surface area contributed by atoms with Crippen LogP contribution in [0.15, 0.2) is 36.4 Å². The van der Waals surface area contributed by atoms with Crippen LogP contribution in [0.3, 0.4) is 0 Å². The van der Waals surface area contributed by atoms with Crippen LogP contribution in [0.2, 0.25) is 10.0 Å². The van der Waals surface area contributed by atoms with Gasteiger partial charge in [0.15, 0.2) is 0 Å². The molecule has 0 saturated heterocycles. The topological polar surface area (TPSA) is 76.2 Å². The van der Waals surface area contributed by atoms with Gasteiger partial charge in [-0.25, -0.2) is 0 Å². The molecule has 3 aromatic rings. The molecule has 0 radical (unpaired) electrons. The molecule has 0 saturated carbocycles. The highest BCUT2D eigenvalue weighted by molar-refractivity contribution is 6.42. The molecule has 0 fully saturated rings. The lowest BCUT2D eigenvalue weighted by Crippen LogP contribution is -2.13. The van der Waals surface area contributed by atoms with Crippen LogP contribution in [0.1, 0.15) is 16.1 Å². The monoisotopic (exact) mass is 405 g/mol. The Kier molecular flexibility index (Phi) is 5.58. The van der Waals surface area contributed by atoms with Crippen LogP contribution >= 0.6 is 23.2 Å². The molecule has 3 rings (SSSR count). The van der Waals surface area contributed by atoms with E-state index in [1.165, 1.54) is 6.07 Å². The molecule has 0 aliphatic rings. The zero-order valence-corrected chi connectivity index (χ0v) is 16.4. The Morgan fingerprint density at radius 1 is 1.07 bits per heavy atom. The van der Waals surface area contributed by atoms with Gasteiger partial charge in [0.2, 0.25) is 0 Å². The number of anilines is 1. The van der Waals surface area contributed by atoms with Gasteiger partial charge in [0.25, 0.3) is 5.91 Å². The highest BCUT2D eigenvalue weighted by Gasteiger charge is 2.20. The Bertz CT molecular complexity index is 1000. The molecule has 2 aromatic carbocycles. The van der Waals surface area contributed by atoms with Gasteiger partial charge in [-0.3, -0.25) is 9.89 Å². The van der Waals surface area contributed by atoms with E-state index < -0.39 is 0 Å². The number of ether oxygens (including phenoxy) is 2. The van der Waals surface area contributed by atoms with E-state index in [0.717, 1.165) is 0 Å². The van der Waals surface area contributed by atoms with Crippen molar-refractivity contribution in [3.8, 4) is 22.8 Å². The van der Waals surface area contributed by atoms with Crippen LogP contribution in [0, 0.1) is 6.92 Å². The molecule has 2 N–H and O–H groups in total. The summed E-state index contributed by atoms with van der Waals surface area (Å²) in [5.41, 5.74) is 2.84. The van der Waals surface area contributed by atoms with Gasteiger partial charge in [-0.1, -0.05) is 23.2 Å². The van der Waals surface area contributed by atoms with E-state index in [2.05, 4.69) is 15.5 Å². The van der Waals surface area contributed by atoms with E-state index in [1.54, 1.807) is 44.6 Å². The Balaban J connectivity index is 2.00. The van der Waals surface area contributed by atoms with Crippen LogP contribution in [0.25, 0.3) is 11.3 Å². The van der Waals surface area contributed by atoms with Crippen LogP contribution in [-0.4, -0.2) is 30.3 Å². The van der Waals surface area contributed by atoms with E-state index in [0.29, 0.717) is 49.7 Å². The number of carbonyl (C=O) groups is 1. The normalized spacial score (nSPS) is 10.6. The maximum atomic E-state index is 12.7. The summed E-state index contributed by atoms with van der Waals surface area (Å²) in [6.45, 7) is 1.81. The molecule has 0 bridgehead atoms. The van der Waals surface area contributed by atoms with Crippen LogP contribution in [0.4, 0.5) is 5.69 Å². The number of methoxy groups -OCH3 is 2. The van der Waals surface area contributed by atoms with Crippen molar-refractivity contribution in [1.29, 1.82) is 0 Å². The average Bonchev–Trinajstić information content (AvgIpc) is 3.03. The van der Waals surface area contributed by atoms with Gasteiger partial charge in [0.1, 0.15) is 17.2 Å². The van der Waals surface area contributed by atoms with Crippen molar-refractivity contribution in [3.63, 3.8) is 0 Å². The second kappa shape index (κ2) is 7.90. The fourth-order valence-electron chi connectivity index (χ4n) is 2.60. The van der Waals surface area contributed by atoms with Crippen LogP contribution in [0.5, 0.6) is 11.5 Å². The summed E-state index contributed by atoms with van der Waals surface area (Å²) < 4.78 is 10.7. The van der Waals surface area contributed by atoms with Crippen LogP contribution in [-0.2, 0) is 0 Å². The first-order valence-corrected chi connectivity index (χ1v) is 8.74. The first-order chi connectivity index (χ1) is 12.9. The average molecular weight is 406 g/mol. The minimum Gasteiger partial charge on any atom is -0.497 e. The van der Waals surface area contributed by atoms with Crippen molar-refractivity contribution in [2.45, 2.75) is 6.92 Å². The molecule has 1 aromatic heterocycles. The molecule has 8 heteroatoms. The Morgan fingerprint density at radius 2 is 1.85 bits per heavy atom. The number of benzene rings is 2. The number of rotatable bonds is 5. The minimum absolute atomic E-state index is 0.308. The van der Waals surface area contributed by atoms with Gasteiger partial charge in [-0.05, 0) is 43.3 Å². The fourth-order valence-corrected chi connectivity index (χ4v) is 2.90. The predicted molar refractivity (Wildman–Crippen MR) is 106 cm³/mol. The lowest BCUT2D eigenvalue weighted by atomic mass is 10.1. The number of nitrogens with one attached hydrogen (secondary N) is 2. The number of aromatic nitrogens is 2. The molecular formula is C19H17Cl2N3O3. The zero-order chi connectivity index (χ0) is 19.6. The molecule has 0 aliphatic carbocycles. The molecule has 0 aliphatic heterocycles. The third kappa shape index (κ3) is 3.86. The summed E-state index contributed by atoms with van der Waals surface area (Å²) in [5, 5.41) is 10.8. The van der Waals surface area contributed by atoms with Crippen molar-refractivity contribution < 1.29 is 14.3 Å². The molecular weight excluding hydrogens is 389 g/mol. The Labute approximate surface area is 166 Å². The summed E-state index contributed by atoms with van der Waals surface area (Å²) in [7, 11) is 3.15. The Hall–Kier alpha value is -2.70. The molecule has 140 valence electrons. The fraction of sp³-hybridized carbons (Fsp3) is 0.158. The van der Waals surface area contributed by atoms with Gasteiger partial charge in [-0.15, -0.1) is 0 Å². The molecule has 6 nitrogen and oxygen atoms in total.